The third-order valence-corrected chi connectivity index (χ3v) is 2.58. The van der Waals surface area contributed by atoms with Gasteiger partial charge >= 0.3 is 0 Å². The zero-order chi connectivity index (χ0) is 5.07. The minimum Gasteiger partial charge on any atom is -0.393 e. The summed E-state index contributed by atoms with van der Waals surface area (Å²) in [5.74, 6) is 0.937. The van der Waals surface area contributed by atoms with Gasteiger partial charge in [-0.25, -0.2) is 0 Å². The fourth-order valence-electron chi connectivity index (χ4n) is 1.42. The first-order valence-electron chi connectivity index (χ1n) is 2.94. The highest BCUT2D eigenvalue weighted by Gasteiger charge is 2.71. The summed E-state index contributed by atoms with van der Waals surface area (Å²) in [7, 11) is 0. The molecule has 1 N–H and O–H groups in total. The Bertz CT molecular complexity index is 101. The van der Waals surface area contributed by atoms with E-state index in [1.807, 2.05) is 6.92 Å². The third kappa shape index (κ3) is 0.290. The van der Waals surface area contributed by atoms with E-state index in [1.54, 1.807) is 0 Å². The maximum Gasteiger partial charge on any atom is 0.0571 e. The molecular weight excluding hydrogens is 88.1 g/mol. The Kier molecular flexibility index (Phi) is 0.419. The number of aliphatic hydroxyl groups excluding tert-OH is 1. The number of fused-ring (bicyclic) bond motifs is 1. The summed E-state index contributed by atoms with van der Waals surface area (Å²) in [6, 6.07) is 0. The SMILES string of the molecule is C[C@H](O)[C@]12C[C@H]1C2. The molecular formula is C6H10O. The zero-order valence-corrected chi connectivity index (χ0v) is 4.52. The molecule has 7 heavy (non-hydrogen) atoms. The molecule has 2 fully saturated rings. The number of hydrogen-bond acceptors (Lipinski definition) is 1. The molecule has 0 unspecified atom stereocenters. The Morgan fingerprint density at radius 1 is 1.71 bits per heavy atom. The predicted molar refractivity (Wildman–Crippen MR) is 26.8 cm³/mol. The van der Waals surface area contributed by atoms with Crippen LogP contribution in [0.15, 0.2) is 0 Å². The standard InChI is InChI=1S/C6H10O/c1-4(7)6-2-5(6)3-6/h4-5,7H,2-3H2,1H3/t4-,5-,6+/m0/s1. The summed E-state index contributed by atoms with van der Waals surface area (Å²) in [4.78, 5) is 0. The first-order chi connectivity index (χ1) is 3.26. The van der Waals surface area contributed by atoms with Crippen LogP contribution in [0.25, 0.3) is 0 Å². The largest absolute Gasteiger partial charge is 0.393 e. The fourth-order valence-corrected chi connectivity index (χ4v) is 1.42. The number of hydrogen-bond donors (Lipinski definition) is 1. The predicted octanol–water partition coefficient (Wildman–Crippen LogP) is 0.777. The van der Waals surface area contributed by atoms with Crippen LogP contribution in [0.4, 0.5) is 0 Å². The van der Waals surface area contributed by atoms with Crippen molar-refractivity contribution < 1.29 is 5.11 Å². The Morgan fingerprint density at radius 3 is 2.14 bits per heavy atom. The molecule has 2 saturated carbocycles. The Labute approximate surface area is 43.3 Å². The zero-order valence-electron chi connectivity index (χ0n) is 4.52. The molecule has 0 aromatic carbocycles. The van der Waals surface area contributed by atoms with Crippen LogP contribution in [0, 0.1) is 11.3 Å². The van der Waals surface area contributed by atoms with Crippen LogP contribution in [-0.2, 0) is 0 Å². The average molecular weight is 98.1 g/mol. The molecule has 0 aromatic heterocycles. The summed E-state index contributed by atoms with van der Waals surface area (Å²) in [6.07, 6.45) is 2.60. The van der Waals surface area contributed by atoms with E-state index in [-0.39, 0.29) is 6.10 Å². The van der Waals surface area contributed by atoms with Crippen molar-refractivity contribution in [3.8, 4) is 0 Å². The number of rotatable bonds is 1. The maximum absolute atomic E-state index is 8.99. The average Bonchev–Trinajstić information content (AvgIpc) is 2.04. The van der Waals surface area contributed by atoms with E-state index in [1.165, 1.54) is 12.8 Å². The van der Waals surface area contributed by atoms with Crippen LogP contribution in [-0.4, -0.2) is 11.2 Å². The van der Waals surface area contributed by atoms with Crippen molar-refractivity contribution in [1.82, 2.24) is 0 Å². The molecule has 1 atom stereocenters. The molecule has 0 aromatic rings. The maximum atomic E-state index is 8.99. The molecule has 0 spiro atoms. The van der Waals surface area contributed by atoms with Gasteiger partial charge in [0.2, 0.25) is 0 Å². The van der Waals surface area contributed by atoms with E-state index in [2.05, 4.69) is 0 Å². The molecule has 2 aliphatic carbocycles. The fraction of sp³-hybridized carbons (Fsp3) is 1.00. The highest BCUT2D eigenvalue weighted by atomic mass is 16.3. The Morgan fingerprint density at radius 2 is 2.14 bits per heavy atom. The first-order valence-corrected chi connectivity index (χ1v) is 2.94. The lowest BCUT2D eigenvalue weighted by molar-refractivity contribution is 0.142. The summed E-state index contributed by atoms with van der Waals surface area (Å²) in [5.41, 5.74) is 0.472. The second-order valence-electron chi connectivity index (χ2n) is 3.01. The summed E-state index contributed by atoms with van der Waals surface area (Å²) < 4.78 is 0. The van der Waals surface area contributed by atoms with E-state index in [4.69, 9.17) is 5.11 Å². The summed E-state index contributed by atoms with van der Waals surface area (Å²) in [6.45, 7) is 1.91. The smallest absolute Gasteiger partial charge is 0.0571 e. The second-order valence-corrected chi connectivity index (χ2v) is 3.01. The second kappa shape index (κ2) is 0.752. The van der Waals surface area contributed by atoms with Crippen LogP contribution < -0.4 is 0 Å². The van der Waals surface area contributed by atoms with Gasteiger partial charge in [0.1, 0.15) is 0 Å². The molecule has 1 nitrogen and oxygen atoms in total. The highest BCUT2D eigenvalue weighted by Crippen LogP contribution is 2.76. The van der Waals surface area contributed by atoms with Crippen molar-refractivity contribution in [3.63, 3.8) is 0 Å². The van der Waals surface area contributed by atoms with E-state index in [9.17, 15) is 0 Å². The third-order valence-electron chi connectivity index (χ3n) is 2.58. The van der Waals surface area contributed by atoms with Gasteiger partial charge in [-0.15, -0.1) is 0 Å². The highest BCUT2D eigenvalue weighted by molar-refractivity contribution is 5.20. The van der Waals surface area contributed by atoms with Gasteiger partial charge in [0.05, 0.1) is 6.10 Å². The van der Waals surface area contributed by atoms with E-state index >= 15 is 0 Å². The van der Waals surface area contributed by atoms with Gasteiger partial charge in [-0.1, -0.05) is 0 Å². The normalized spacial score (nSPS) is 58.3. The lowest BCUT2D eigenvalue weighted by Gasteiger charge is -2.03. The topological polar surface area (TPSA) is 20.2 Å². The molecule has 0 amide bonds. The van der Waals surface area contributed by atoms with Crippen molar-refractivity contribution in [1.29, 1.82) is 0 Å². The van der Waals surface area contributed by atoms with E-state index < -0.39 is 0 Å². The van der Waals surface area contributed by atoms with E-state index in [0.717, 1.165) is 5.92 Å². The number of aliphatic hydroxyl groups is 1. The first kappa shape index (κ1) is 3.90. The van der Waals surface area contributed by atoms with Crippen molar-refractivity contribution in [2.75, 3.05) is 0 Å². The minimum atomic E-state index is -0.0162. The Hall–Kier alpha value is -0.0400. The van der Waals surface area contributed by atoms with Gasteiger partial charge in [-0.3, -0.25) is 0 Å². The van der Waals surface area contributed by atoms with Gasteiger partial charge in [-0.05, 0) is 31.1 Å². The van der Waals surface area contributed by atoms with Gasteiger partial charge < -0.3 is 5.11 Å². The molecule has 0 bridgehead atoms. The molecule has 2 rings (SSSR count). The lowest BCUT2D eigenvalue weighted by atomic mass is 10.1. The Balaban J connectivity index is 2.08. The van der Waals surface area contributed by atoms with Crippen molar-refractivity contribution >= 4 is 0 Å². The van der Waals surface area contributed by atoms with Crippen molar-refractivity contribution in [3.05, 3.63) is 0 Å². The monoisotopic (exact) mass is 98.1 g/mol. The summed E-state index contributed by atoms with van der Waals surface area (Å²) >= 11 is 0. The van der Waals surface area contributed by atoms with Gasteiger partial charge in [0.25, 0.3) is 0 Å². The molecule has 0 aliphatic heterocycles. The summed E-state index contributed by atoms with van der Waals surface area (Å²) in [5, 5.41) is 8.99. The molecule has 40 valence electrons. The molecule has 0 saturated heterocycles. The molecule has 1 heteroatoms. The van der Waals surface area contributed by atoms with Gasteiger partial charge in [-0.2, -0.15) is 0 Å². The lowest BCUT2D eigenvalue weighted by Crippen LogP contribution is -2.07. The van der Waals surface area contributed by atoms with Crippen LogP contribution >= 0.6 is 0 Å². The van der Waals surface area contributed by atoms with Crippen LogP contribution in [0.5, 0.6) is 0 Å². The van der Waals surface area contributed by atoms with E-state index in [0.29, 0.717) is 5.41 Å². The van der Waals surface area contributed by atoms with Crippen LogP contribution in [0.2, 0.25) is 0 Å². The van der Waals surface area contributed by atoms with Crippen LogP contribution in [0.3, 0.4) is 0 Å². The van der Waals surface area contributed by atoms with Gasteiger partial charge in [0.15, 0.2) is 0 Å². The molecule has 2 aliphatic rings. The van der Waals surface area contributed by atoms with Gasteiger partial charge in [0, 0.05) is 0 Å². The van der Waals surface area contributed by atoms with Crippen LogP contribution in [0.1, 0.15) is 19.8 Å². The molecule has 0 radical (unpaired) electrons. The quantitative estimate of drug-likeness (QED) is 0.513. The minimum absolute atomic E-state index is 0.0162. The van der Waals surface area contributed by atoms with Crippen molar-refractivity contribution in [2.45, 2.75) is 25.9 Å². The van der Waals surface area contributed by atoms with Crippen molar-refractivity contribution in [2.24, 2.45) is 11.3 Å². The molecule has 0 heterocycles.